The molecule has 0 aliphatic rings. The lowest BCUT2D eigenvalue weighted by atomic mass is 10.1. The number of carbonyl (C=O) groups excluding carboxylic acids is 1. The highest BCUT2D eigenvalue weighted by Crippen LogP contribution is 2.28. The zero-order chi connectivity index (χ0) is 15.7. The van der Waals surface area contributed by atoms with Gasteiger partial charge in [-0.2, -0.15) is 5.10 Å². The fraction of sp³-hybridized carbons (Fsp3) is 0.200. The van der Waals surface area contributed by atoms with Gasteiger partial charge >= 0.3 is 0 Å². The molecule has 0 aliphatic heterocycles. The van der Waals surface area contributed by atoms with E-state index in [0.717, 1.165) is 22.3 Å². The predicted octanol–water partition coefficient (Wildman–Crippen LogP) is 2.00. The summed E-state index contributed by atoms with van der Waals surface area (Å²) in [7, 11) is 3.40. The molecule has 3 heterocycles. The Bertz CT molecular complexity index is 839. The maximum absolute atomic E-state index is 11.2. The molecule has 7 heteroatoms. The summed E-state index contributed by atoms with van der Waals surface area (Å²) in [4.78, 5) is 19.7. The molecule has 22 heavy (non-hydrogen) atoms. The molecule has 0 aliphatic carbocycles. The van der Waals surface area contributed by atoms with Gasteiger partial charge in [-0.3, -0.25) is 4.79 Å². The van der Waals surface area contributed by atoms with Gasteiger partial charge in [0.15, 0.2) is 5.65 Å². The van der Waals surface area contributed by atoms with Gasteiger partial charge in [0.1, 0.15) is 5.69 Å². The number of hydrogen-bond acceptors (Lipinski definition) is 5. The Morgan fingerprint density at radius 1 is 1.27 bits per heavy atom. The van der Waals surface area contributed by atoms with E-state index in [-0.39, 0.29) is 5.91 Å². The first-order valence-electron chi connectivity index (χ1n) is 6.69. The quantitative estimate of drug-likeness (QED) is 0.799. The average molecular weight is 297 g/mol. The van der Waals surface area contributed by atoms with Crippen molar-refractivity contribution in [2.75, 3.05) is 12.4 Å². The third-order valence-electron chi connectivity index (χ3n) is 3.22. The average Bonchev–Trinajstić information content (AvgIpc) is 2.83. The van der Waals surface area contributed by atoms with Gasteiger partial charge in [0, 0.05) is 37.2 Å². The second-order valence-electron chi connectivity index (χ2n) is 4.84. The second-order valence-corrected chi connectivity index (χ2v) is 4.84. The lowest BCUT2D eigenvalue weighted by molar-refractivity contribution is -0.114. The molecule has 0 unspecified atom stereocenters. The molecule has 7 nitrogen and oxygen atoms in total. The van der Waals surface area contributed by atoms with Gasteiger partial charge in [0.25, 0.3) is 0 Å². The number of carbonyl (C=O) groups is 1. The monoisotopic (exact) mass is 297 g/mol. The summed E-state index contributed by atoms with van der Waals surface area (Å²) in [5, 5.41) is 8.07. The molecule has 0 bridgehead atoms. The van der Waals surface area contributed by atoms with Crippen LogP contribution < -0.4 is 10.1 Å². The van der Waals surface area contributed by atoms with E-state index in [1.54, 1.807) is 30.3 Å². The third-order valence-corrected chi connectivity index (χ3v) is 3.22. The highest BCUT2D eigenvalue weighted by Gasteiger charge is 2.13. The molecule has 3 aromatic heterocycles. The smallest absolute Gasteiger partial charge is 0.221 e. The van der Waals surface area contributed by atoms with E-state index in [1.165, 1.54) is 6.92 Å². The summed E-state index contributed by atoms with van der Waals surface area (Å²) in [5.74, 6) is 0.402. The number of hydrogen-bond donors (Lipinski definition) is 1. The number of methoxy groups -OCH3 is 1. The molecule has 112 valence electrons. The lowest BCUT2D eigenvalue weighted by Crippen LogP contribution is -2.05. The topological polar surface area (TPSA) is 81.9 Å². The molecule has 3 rings (SSSR count). The standard InChI is InChI=1S/C15H15N5O2/c1-9(21)18-11-6-12-14(19-20(2)15(12)17-8-11)10-4-5-13(22-3)16-7-10/h4-8H,1-3H3,(H,18,21). The van der Waals surface area contributed by atoms with Crippen LogP contribution in [0.1, 0.15) is 6.92 Å². The van der Waals surface area contributed by atoms with E-state index in [4.69, 9.17) is 4.74 Å². The lowest BCUT2D eigenvalue weighted by Gasteiger charge is -2.03. The van der Waals surface area contributed by atoms with Gasteiger partial charge in [-0.1, -0.05) is 0 Å². The Morgan fingerprint density at radius 2 is 2.09 bits per heavy atom. The first-order chi connectivity index (χ1) is 10.6. The first kappa shape index (κ1) is 14.0. The number of ether oxygens (including phenoxy) is 1. The fourth-order valence-electron chi connectivity index (χ4n) is 2.27. The molecule has 0 aromatic carbocycles. The maximum Gasteiger partial charge on any atom is 0.221 e. The van der Waals surface area contributed by atoms with E-state index in [2.05, 4.69) is 20.4 Å². The number of aromatic nitrogens is 4. The van der Waals surface area contributed by atoms with Gasteiger partial charge in [0.2, 0.25) is 11.8 Å². The molecule has 0 spiro atoms. The van der Waals surface area contributed by atoms with E-state index in [0.29, 0.717) is 11.6 Å². The molecular weight excluding hydrogens is 282 g/mol. The van der Waals surface area contributed by atoms with Crippen molar-refractivity contribution in [1.82, 2.24) is 19.7 Å². The van der Waals surface area contributed by atoms with E-state index in [9.17, 15) is 4.79 Å². The van der Waals surface area contributed by atoms with Gasteiger partial charge < -0.3 is 10.1 Å². The molecular formula is C15H15N5O2. The zero-order valence-corrected chi connectivity index (χ0v) is 12.5. The highest BCUT2D eigenvalue weighted by molar-refractivity contribution is 5.96. The number of fused-ring (bicyclic) bond motifs is 1. The minimum atomic E-state index is -0.141. The van der Waals surface area contributed by atoms with Crippen molar-refractivity contribution in [3.05, 3.63) is 30.6 Å². The number of rotatable bonds is 3. The molecule has 1 amide bonds. The second kappa shape index (κ2) is 5.44. The number of amides is 1. The maximum atomic E-state index is 11.2. The van der Waals surface area contributed by atoms with Crippen molar-refractivity contribution in [2.45, 2.75) is 6.92 Å². The van der Waals surface area contributed by atoms with Crippen molar-refractivity contribution in [3.8, 4) is 17.1 Å². The van der Waals surface area contributed by atoms with Gasteiger partial charge in [-0.25, -0.2) is 14.6 Å². The van der Waals surface area contributed by atoms with Gasteiger partial charge in [0.05, 0.1) is 19.0 Å². The van der Waals surface area contributed by atoms with Crippen LogP contribution >= 0.6 is 0 Å². The van der Waals surface area contributed by atoms with Crippen LogP contribution in [0.3, 0.4) is 0 Å². The molecule has 0 radical (unpaired) electrons. The molecule has 0 saturated carbocycles. The number of nitrogens with zero attached hydrogens (tertiary/aromatic N) is 4. The van der Waals surface area contributed by atoms with Crippen molar-refractivity contribution in [1.29, 1.82) is 0 Å². The zero-order valence-electron chi connectivity index (χ0n) is 12.5. The first-order valence-corrected chi connectivity index (χ1v) is 6.69. The largest absolute Gasteiger partial charge is 0.481 e. The predicted molar refractivity (Wildman–Crippen MR) is 82.6 cm³/mol. The summed E-state index contributed by atoms with van der Waals surface area (Å²) in [6, 6.07) is 5.52. The van der Waals surface area contributed by atoms with Crippen molar-refractivity contribution in [2.24, 2.45) is 7.05 Å². The summed E-state index contributed by atoms with van der Waals surface area (Å²) >= 11 is 0. The van der Waals surface area contributed by atoms with E-state index in [1.807, 2.05) is 19.2 Å². The van der Waals surface area contributed by atoms with E-state index < -0.39 is 0 Å². The Kier molecular flexibility index (Phi) is 3.46. The van der Waals surface area contributed by atoms with Crippen LogP contribution in [0.4, 0.5) is 5.69 Å². The molecule has 0 atom stereocenters. The van der Waals surface area contributed by atoms with Crippen LogP contribution in [0, 0.1) is 0 Å². The summed E-state index contributed by atoms with van der Waals surface area (Å²) in [5.41, 5.74) is 2.98. The van der Waals surface area contributed by atoms with Crippen molar-refractivity contribution < 1.29 is 9.53 Å². The Balaban J connectivity index is 2.13. The number of nitrogens with one attached hydrogen (secondary N) is 1. The Hall–Kier alpha value is -2.96. The Labute approximate surface area is 127 Å². The Morgan fingerprint density at radius 3 is 2.73 bits per heavy atom. The van der Waals surface area contributed by atoms with Gasteiger partial charge in [-0.05, 0) is 12.1 Å². The van der Waals surface area contributed by atoms with Crippen LogP contribution in [0.2, 0.25) is 0 Å². The SMILES string of the molecule is COc1ccc(-c2nn(C)c3ncc(NC(C)=O)cc23)cn1. The summed E-state index contributed by atoms with van der Waals surface area (Å²) < 4.78 is 6.76. The van der Waals surface area contributed by atoms with Crippen LogP contribution in [0.5, 0.6) is 5.88 Å². The van der Waals surface area contributed by atoms with Gasteiger partial charge in [-0.15, -0.1) is 0 Å². The van der Waals surface area contributed by atoms with Crippen molar-refractivity contribution in [3.63, 3.8) is 0 Å². The van der Waals surface area contributed by atoms with Crippen molar-refractivity contribution >= 4 is 22.6 Å². The highest BCUT2D eigenvalue weighted by atomic mass is 16.5. The normalized spacial score (nSPS) is 10.7. The molecule has 0 fully saturated rings. The summed E-state index contributed by atoms with van der Waals surface area (Å²) in [6.07, 6.45) is 3.31. The number of anilines is 1. The third kappa shape index (κ3) is 2.48. The minimum Gasteiger partial charge on any atom is -0.481 e. The number of pyridine rings is 2. The minimum absolute atomic E-state index is 0.141. The van der Waals surface area contributed by atoms with Crippen LogP contribution in [0.25, 0.3) is 22.3 Å². The molecule has 0 saturated heterocycles. The summed E-state index contributed by atoms with van der Waals surface area (Å²) in [6.45, 7) is 1.46. The molecule has 3 aromatic rings. The van der Waals surface area contributed by atoms with Crippen LogP contribution in [0.15, 0.2) is 30.6 Å². The molecule has 1 N–H and O–H groups in total. The van der Waals surface area contributed by atoms with Crippen LogP contribution in [-0.4, -0.2) is 32.8 Å². The van der Waals surface area contributed by atoms with Crippen LogP contribution in [-0.2, 0) is 11.8 Å². The fourth-order valence-corrected chi connectivity index (χ4v) is 2.27. The number of aryl methyl sites for hydroxylation is 1. The van der Waals surface area contributed by atoms with E-state index >= 15 is 0 Å².